The highest BCUT2D eigenvalue weighted by atomic mass is 32.2. The van der Waals surface area contributed by atoms with Crippen LogP contribution in [0.3, 0.4) is 0 Å². The Morgan fingerprint density at radius 2 is 1.84 bits per heavy atom. The second-order valence-corrected chi connectivity index (χ2v) is 5.07. The van der Waals surface area contributed by atoms with Gasteiger partial charge in [0.25, 0.3) is 0 Å². The standard InChI is InChI=1S/C12H15F3N2OS/c1-11(10(16)18,17-7-12(13,14)15)8-3-5-9(19-2)6-4-8/h3-6,17H,7H2,1-2H3,(H2,16,18). The van der Waals surface area contributed by atoms with E-state index >= 15 is 0 Å². The summed E-state index contributed by atoms with van der Waals surface area (Å²) >= 11 is 1.50. The van der Waals surface area contributed by atoms with Crippen molar-refractivity contribution in [3.63, 3.8) is 0 Å². The van der Waals surface area contributed by atoms with E-state index in [4.69, 9.17) is 5.73 Å². The van der Waals surface area contributed by atoms with Gasteiger partial charge in [0.15, 0.2) is 0 Å². The molecule has 1 rings (SSSR count). The fourth-order valence-electron chi connectivity index (χ4n) is 1.53. The molecule has 0 aromatic heterocycles. The van der Waals surface area contributed by atoms with Crippen LogP contribution < -0.4 is 11.1 Å². The van der Waals surface area contributed by atoms with Crippen molar-refractivity contribution in [2.45, 2.75) is 23.5 Å². The lowest BCUT2D eigenvalue weighted by Gasteiger charge is -2.28. The first kappa shape index (κ1) is 15.8. The molecule has 106 valence electrons. The number of hydrogen-bond acceptors (Lipinski definition) is 3. The van der Waals surface area contributed by atoms with Gasteiger partial charge >= 0.3 is 6.18 Å². The third kappa shape index (κ3) is 4.14. The third-order valence-corrected chi connectivity index (χ3v) is 3.55. The highest BCUT2D eigenvalue weighted by Crippen LogP contribution is 2.25. The average Bonchev–Trinajstić information content (AvgIpc) is 2.35. The Kier molecular flexibility index (Phi) is 4.86. The Balaban J connectivity index is 3.00. The number of nitrogens with two attached hydrogens (primary N) is 1. The van der Waals surface area contributed by atoms with Crippen LogP contribution in [0.2, 0.25) is 0 Å². The highest BCUT2D eigenvalue weighted by Gasteiger charge is 2.37. The van der Waals surface area contributed by atoms with Gasteiger partial charge in [-0.1, -0.05) is 12.1 Å². The number of carbonyl (C=O) groups is 1. The van der Waals surface area contributed by atoms with Gasteiger partial charge in [0.1, 0.15) is 5.54 Å². The minimum atomic E-state index is -4.41. The fourth-order valence-corrected chi connectivity index (χ4v) is 1.94. The van der Waals surface area contributed by atoms with Crippen molar-refractivity contribution in [2.75, 3.05) is 12.8 Å². The van der Waals surface area contributed by atoms with E-state index in [1.807, 2.05) is 6.26 Å². The van der Waals surface area contributed by atoms with E-state index in [1.165, 1.54) is 18.7 Å². The summed E-state index contributed by atoms with van der Waals surface area (Å²) in [5.74, 6) is -0.853. The summed E-state index contributed by atoms with van der Waals surface area (Å²) < 4.78 is 36.8. The van der Waals surface area contributed by atoms with Crippen molar-refractivity contribution in [3.05, 3.63) is 29.8 Å². The first-order valence-electron chi connectivity index (χ1n) is 5.45. The van der Waals surface area contributed by atoms with Gasteiger partial charge in [-0.05, 0) is 30.9 Å². The highest BCUT2D eigenvalue weighted by molar-refractivity contribution is 7.98. The largest absolute Gasteiger partial charge is 0.401 e. The second-order valence-electron chi connectivity index (χ2n) is 4.19. The quantitative estimate of drug-likeness (QED) is 0.819. The summed E-state index contributed by atoms with van der Waals surface area (Å²) in [4.78, 5) is 12.4. The van der Waals surface area contributed by atoms with Crippen molar-refractivity contribution in [3.8, 4) is 0 Å². The number of carbonyl (C=O) groups excluding carboxylic acids is 1. The van der Waals surface area contributed by atoms with Gasteiger partial charge in [-0.3, -0.25) is 10.1 Å². The van der Waals surface area contributed by atoms with Crippen LogP contribution in [0.15, 0.2) is 29.2 Å². The van der Waals surface area contributed by atoms with Crippen LogP contribution in [0, 0.1) is 0 Å². The maximum atomic E-state index is 12.3. The fraction of sp³-hybridized carbons (Fsp3) is 0.417. The summed E-state index contributed by atoms with van der Waals surface area (Å²) in [7, 11) is 0. The van der Waals surface area contributed by atoms with Gasteiger partial charge < -0.3 is 5.73 Å². The summed E-state index contributed by atoms with van der Waals surface area (Å²) in [6, 6.07) is 6.66. The van der Waals surface area contributed by atoms with Crippen LogP contribution in [0.25, 0.3) is 0 Å². The summed E-state index contributed by atoms with van der Waals surface area (Å²) in [6.45, 7) is 0.0614. The topological polar surface area (TPSA) is 55.1 Å². The zero-order valence-electron chi connectivity index (χ0n) is 10.5. The van der Waals surface area contributed by atoms with Gasteiger partial charge in [-0.15, -0.1) is 11.8 Å². The number of thioether (sulfide) groups is 1. The maximum Gasteiger partial charge on any atom is 0.401 e. The minimum Gasteiger partial charge on any atom is -0.368 e. The molecular weight excluding hydrogens is 277 g/mol. The molecular formula is C12H15F3N2OS. The number of hydrogen-bond donors (Lipinski definition) is 2. The predicted octanol–water partition coefficient (Wildman–Crippen LogP) is 2.26. The maximum absolute atomic E-state index is 12.3. The first-order chi connectivity index (χ1) is 8.69. The Morgan fingerprint density at radius 3 is 2.21 bits per heavy atom. The van der Waals surface area contributed by atoms with Gasteiger partial charge in [0.05, 0.1) is 6.54 Å². The smallest absolute Gasteiger partial charge is 0.368 e. The molecule has 3 nitrogen and oxygen atoms in total. The molecule has 3 N–H and O–H groups in total. The number of rotatable bonds is 5. The molecule has 1 atom stereocenters. The Labute approximate surface area is 113 Å². The van der Waals surface area contributed by atoms with Crippen molar-refractivity contribution >= 4 is 17.7 Å². The summed E-state index contributed by atoms with van der Waals surface area (Å²) in [5, 5.41) is 2.18. The molecule has 19 heavy (non-hydrogen) atoms. The van der Waals surface area contributed by atoms with E-state index in [0.717, 1.165) is 4.90 Å². The van der Waals surface area contributed by atoms with E-state index in [1.54, 1.807) is 24.3 Å². The van der Waals surface area contributed by atoms with E-state index in [0.29, 0.717) is 5.56 Å². The molecule has 0 saturated heterocycles. The van der Waals surface area contributed by atoms with Crippen molar-refractivity contribution < 1.29 is 18.0 Å². The van der Waals surface area contributed by atoms with E-state index < -0.39 is 24.2 Å². The molecule has 0 saturated carbocycles. The average molecular weight is 292 g/mol. The Morgan fingerprint density at radius 1 is 1.32 bits per heavy atom. The van der Waals surface area contributed by atoms with Crippen molar-refractivity contribution in [1.29, 1.82) is 0 Å². The van der Waals surface area contributed by atoms with Gasteiger partial charge in [-0.25, -0.2) is 0 Å². The molecule has 0 heterocycles. The monoisotopic (exact) mass is 292 g/mol. The van der Waals surface area contributed by atoms with Crippen LogP contribution in [0.4, 0.5) is 13.2 Å². The van der Waals surface area contributed by atoms with Crippen LogP contribution in [0.1, 0.15) is 12.5 Å². The molecule has 0 aliphatic carbocycles. The summed E-state index contributed by atoms with van der Waals surface area (Å²) in [6.07, 6.45) is -2.53. The molecule has 0 radical (unpaired) electrons. The molecule has 0 aliphatic heterocycles. The zero-order valence-corrected chi connectivity index (χ0v) is 11.4. The second kappa shape index (κ2) is 5.83. The van der Waals surface area contributed by atoms with Crippen LogP contribution in [-0.4, -0.2) is 24.9 Å². The predicted molar refractivity (Wildman–Crippen MR) is 68.8 cm³/mol. The zero-order chi connectivity index (χ0) is 14.7. The number of benzene rings is 1. The normalized spacial score (nSPS) is 15.0. The molecule has 1 unspecified atom stereocenters. The number of alkyl halides is 3. The van der Waals surface area contributed by atoms with Crippen LogP contribution >= 0.6 is 11.8 Å². The van der Waals surface area contributed by atoms with Crippen LogP contribution in [0.5, 0.6) is 0 Å². The SMILES string of the molecule is CSc1ccc(C(C)(NCC(F)(F)F)C(N)=O)cc1. The lowest BCUT2D eigenvalue weighted by Crippen LogP contribution is -2.53. The van der Waals surface area contributed by atoms with E-state index in [-0.39, 0.29) is 0 Å². The molecule has 0 spiro atoms. The van der Waals surface area contributed by atoms with Crippen molar-refractivity contribution in [2.24, 2.45) is 5.73 Å². The number of nitrogens with one attached hydrogen (secondary N) is 1. The number of primary amides is 1. The molecule has 1 aromatic rings. The number of halogens is 3. The molecule has 1 aromatic carbocycles. The van der Waals surface area contributed by atoms with Gasteiger partial charge in [0, 0.05) is 4.90 Å². The Bertz CT molecular complexity index is 447. The first-order valence-corrected chi connectivity index (χ1v) is 6.68. The van der Waals surface area contributed by atoms with Crippen LogP contribution in [-0.2, 0) is 10.3 Å². The van der Waals surface area contributed by atoms with E-state index in [9.17, 15) is 18.0 Å². The van der Waals surface area contributed by atoms with Gasteiger partial charge in [0.2, 0.25) is 5.91 Å². The lowest BCUT2D eigenvalue weighted by molar-refractivity contribution is -0.135. The Hall–Kier alpha value is -1.21. The molecule has 0 fully saturated rings. The lowest BCUT2D eigenvalue weighted by atomic mass is 9.91. The number of amides is 1. The van der Waals surface area contributed by atoms with Crippen molar-refractivity contribution in [1.82, 2.24) is 5.32 Å². The molecule has 1 amide bonds. The van der Waals surface area contributed by atoms with Gasteiger partial charge in [-0.2, -0.15) is 13.2 Å². The molecule has 0 aliphatic rings. The third-order valence-electron chi connectivity index (χ3n) is 2.80. The minimum absolute atomic E-state index is 0.405. The summed E-state index contributed by atoms with van der Waals surface area (Å²) in [5.41, 5.74) is 4.08. The molecule has 0 bridgehead atoms. The van der Waals surface area contributed by atoms with E-state index in [2.05, 4.69) is 5.32 Å². The molecule has 7 heteroatoms.